The number of hydrogen-bond acceptors (Lipinski definition) is 1. The van der Waals surface area contributed by atoms with Crippen molar-refractivity contribution in [2.24, 2.45) is 0 Å². The van der Waals surface area contributed by atoms with E-state index in [0.717, 1.165) is 30.8 Å². The molecule has 1 fully saturated rings. The molecule has 1 aliphatic rings. The quantitative estimate of drug-likeness (QED) is 0.674. The summed E-state index contributed by atoms with van der Waals surface area (Å²) < 4.78 is 13.1. The van der Waals surface area contributed by atoms with Crippen LogP contribution in [0.3, 0.4) is 0 Å². The maximum Gasteiger partial charge on any atom is 0.125 e. The number of aryl methyl sites for hydroxylation is 1. The lowest BCUT2D eigenvalue weighted by atomic mass is 10.1. The Morgan fingerprint density at radius 3 is 2.62 bits per heavy atom. The number of hydrogen-bond donors (Lipinski definition) is 0. The number of anilines is 1. The number of nitrogens with zero attached hydrogens (tertiary/aromatic N) is 1. The average Bonchev–Trinajstić information content (AvgIpc) is 2.00. The van der Waals surface area contributed by atoms with E-state index in [2.05, 4.69) is 17.9 Å². The first-order chi connectivity index (χ1) is 6.29. The minimum atomic E-state index is -0.110. The van der Waals surface area contributed by atoms with Crippen LogP contribution in [-0.4, -0.2) is 13.1 Å². The van der Waals surface area contributed by atoms with Crippen molar-refractivity contribution >= 4 is 5.69 Å². The predicted molar refractivity (Wildman–Crippen MR) is 52.6 cm³/mol. The van der Waals surface area contributed by atoms with Gasteiger partial charge in [0.1, 0.15) is 5.82 Å². The van der Waals surface area contributed by atoms with Gasteiger partial charge in [-0.15, -0.1) is 0 Å². The number of rotatable bonds is 2. The third-order valence-corrected chi connectivity index (χ3v) is 2.57. The van der Waals surface area contributed by atoms with Crippen LogP contribution in [0.5, 0.6) is 0 Å². The van der Waals surface area contributed by atoms with E-state index in [1.165, 1.54) is 6.42 Å². The number of halogens is 1. The van der Waals surface area contributed by atoms with E-state index in [1.807, 2.05) is 0 Å². The molecule has 2 rings (SSSR count). The Hall–Kier alpha value is -1.05. The van der Waals surface area contributed by atoms with Crippen LogP contribution in [0.4, 0.5) is 10.1 Å². The molecule has 0 atom stereocenters. The van der Waals surface area contributed by atoms with Gasteiger partial charge in [-0.25, -0.2) is 4.39 Å². The van der Waals surface area contributed by atoms with E-state index in [4.69, 9.17) is 0 Å². The van der Waals surface area contributed by atoms with Gasteiger partial charge >= 0.3 is 0 Å². The van der Waals surface area contributed by atoms with Crippen molar-refractivity contribution in [3.8, 4) is 0 Å². The van der Waals surface area contributed by atoms with Crippen molar-refractivity contribution < 1.29 is 4.39 Å². The first-order valence-electron chi connectivity index (χ1n) is 4.84. The summed E-state index contributed by atoms with van der Waals surface area (Å²) in [6, 6.07) is 5.32. The highest BCUT2D eigenvalue weighted by Gasteiger charge is 2.15. The fourth-order valence-corrected chi connectivity index (χ4v) is 1.59. The van der Waals surface area contributed by atoms with Gasteiger partial charge in [-0.05, 0) is 36.6 Å². The van der Waals surface area contributed by atoms with Gasteiger partial charge in [0.05, 0.1) is 0 Å². The van der Waals surface area contributed by atoms with Gasteiger partial charge in [0, 0.05) is 18.8 Å². The molecule has 1 aromatic rings. The van der Waals surface area contributed by atoms with E-state index in [0.29, 0.717) is 0 Å². The molecule has 1 nitrogen and oxygen atoms in total. The van der Waals surface area contributed by atoms with Crippen LogP contribution >= 0.6 is 0 Å². The van der Waals surface area contributed by atoms with Gasteiger partial charge < -0.3 is 4.90 Å². The summed E-state index contributed by atoms with van der Waals surface area (Å²) in [4.78, 5) is 2.21. The van der Waals surface area contributed by atoms with E-state index >= 15 is 0 Å². The molecule has 13 heavy (non-hydrogen) atoms. The highest BCUT2D eigenvalue weighted by Crippen LogP contribution is 2.23. The molecular weight excluding hydrogens is 165 g/mol. The highest BCUT2D eigenvalue weighted by molar-refractivity contribution is 5.50. The summed E-state index contributed by atoms with van der Waals surface area (Å²) >= 11 is 0. The van der Waals surface area contributed by atoms with Crippen LogP contribution in [0.2, 0.25) is 0 Å². The zero-order chi connectivity index (χ0) is 9.26. The summed E-state index contributed by atoms with van der Waals surface area (Å²) in [7, 11) is 0. The van der Waals surface area contributed by atoms with Gasteiger partial charge in [-0.1, -0.05) is 6.92 Å². The van der Waals surface area contributed by atoms with Crippen molar-refractivity contribution in [1.82, 2.24) is 0 Å². The normalized spacial score (nSPS) is 15.7. The molecule has 0 radical (unpaired) electrons. The Balaban J connectivity index is 2.28. The topological polar surface area (TPSA) is 3.24 Å². The minimum absolute atomic E-state index is 0.110. The third kappa shape index (κ3) is 1.67. The summed E-state index contributed by atoms with van der Waals surface area (Å²) in [5, 5.41) is 0. The van der Waals surface area contributed by atoms with Gasteiger partial charge in [0.25, 0.3) is 0 Å². The molecule has 0 bridgehead atoms. The lowest BCUT2D eigenvalue weighted by Gasteiger charge is -2.33. The average molecular weight is 179 g/mol. The molecule has 2 heteroatoms. The molecule has 0 spiro atoms. The molecule has 0 amide bonds. The van der Waals surface area contributed by atoms with Crippen molar-refractivity contribution in [1.29, 1.82) is 0 Å². The predicted octanol–water partition coefficient (Wildman–Crippen LogP) is 2.60. The maximum atomic E-state index is 13.1. The van der Waals surface area contributed by atoms with Crippen molar-refractivity contribution in [2.75, 3.05) is 18.0 Å². The van der Waals surface area contributed by atoms with Crippen LogP contribution < -0.4 is 4.90 Å². The van der Waals surface area contributed by atoms with Gasteiger partial charge in [-0.2, -0.15) is 0 Å². The molecule has 1 aliphatic heterocycles. The van der Waals surface area contributed by atoms with E-state index in [1.54, 1.807) is 12.1 Å². The summed E-state index contributed by atoms with van der Waals surface area (Å²) in [6.45, 7) is 4.20. The Labute approximate surface area is 78.2 Å². The summed E-state index contributed by atoms with van der Waals surface area (Å²) in [6.07, 6.45) is 2.14. The standard InChI is InChI=1S/C11H14FN/c1-2-9-6-10(12)8-11(7-9)13-4-3-5-13/h6-8H,2-5H2,1H3. The molecule has 70 valence electrons. The van der Waals surface area contributed by atoms with Gasteiger partial charge in [0.2, 0.25) is 0 Å². The van der Waals surface area contributed by atoms with Crippen molar-refractivity contribution in [3.63, 3.8) is 0 Å². The Morgan fingerprint density at radius 2 is 2.08 bits per heavy atom. The maximum absolute atomic E-state index is 13.1. The SMILES string of the molecule is CCc1cc(F)cc(N2CCC2)c1. The summed E-state index contributed by atoms with van der Waals surface area (Å²) in [5.41, 5.74) is 2.13. The molecule has 0 aromatic heterocycles. The van der Waals surface area contributed by atoms with Gasteiger partial charge in [-0.3, -0.25) is 0 Å². The lowest BCUT2D eigenvalue weighted by Crippen LogP contribution is -2.37. The van der Waals surface area contributed by atoms with Crippen molar-refractivity contribution in [2.45, 2.75) is 19.8 Å². The van der Waals surface area contributed by atoms with Crippen LogP contribution in [0, 0.1) is 5.82 Å². The van der Waals surface area contributed by atoms with Crippen LogP contribution in [-0.2, 0) is 6.42 Å². The second kappa shape index (κ2) is 3.36. The molecular formula is C11H14FN. The Morgan fingerprint density at radius 1 is 1.31 bits per heavy atom. The molecule has 0 saturated carbocycles. The number of benzene rings is 1. The minimum Gasteiger partial charge on any atom is -0.371 e. The second-order valence-corrected chi connectivity index (χ2v) is 3.51. The molecule has 1 aromatic carbocycles. The largest absolute Gasteiger partial charge is 0.371 e. The zero-order valence-electron chi connectivity index (χ0n) is 7.89. The molecule has 1 saturated heterocycles. The monoisotopic (exact) mass is 179 g/mol. The molecule has 0 aliphatic carbocycles. The molecule has 0 unspecified atom stereocenters. The fraction of sp³-hybridized carbons (Fsp3) is 0.455. The highest BCUT2D eigenvalue weighted by atomic mass is 19.1. The van der Waals surface area contributed by atoms with Crippen molar-refractivity contribution in [3.05, 3.63) is 29.6 Å². The summed E-state index contributed by atoms with van der Waals surface area (Å²) in [5.74, 6) is -0.110. The molecule has 1 heterocycles. The molecule has 0 N–H and O–H groups in total. The third-order valence-electron chi connectivity index (χ3n) is 2.57. The lowest BCUT2D eigenvalue weighted by molar-refractivity contribution is 0.601. The Bertz CT molecular complexity index is 305. The van der Waals surface area contributed by atoms with E-state index in [9.17, 15) is 4.39 Å². The van der Waals surface area contributed by atoms with Gasteiger partial charge in [0.15, 0.2) is 0 Å². The zero-order valence-corrected chi connectivity index (χ0v) is 7.89. The first-order valence-corrected chi connectivity index (χ1v) is 4.84. The smallest absolute Gasteiger partial charge is 0.125 e. The Kier molecular flexibility index (Phi) is 2.21. The fourth-order valence-electron chi connectivity index (χ4n) is 1.59. The second-order valence-electron chi connectivity index (χ2n) is 3.51. The van der Waals surface area contributed by atoms with E-state index < -0.39 is 0 Å². The van der Waals surface area contributed by atoms with Crippen LogP contribution in [0.25, 0.3) is 0 Å². The van der Waals surface area contributed by atoms with Crippen LogP contribution in [0.15, 0.2) is 18.2 Å². The first kappa shape index (κ1) is 8.54. The van der Waals surface area contributed by atoms with E-state index in [-0.39, 0.29) is 5.82 Å². The van der Waals surface area contributed by atoms with Crippen LogP contribution in [0.1, 0.15) is 18.9 Å².